The Balaban J connectivity index is 1.97. The smallest absolute Gasteiger partial charge is 0.124 e. The van der Waals surface area contributed by atoms with Crippen LogP contribution in [0.2, 0.25) is 0 Å². The van der Waals surface area contributed by atoms with Crippen LogP contribution >= 0.6 is 0 Å². The first-order valence-electron chi connectivity index (χ1n) is 5.75. The van der Waals surface area contributed by atoms with Crippen molar-refractivity contribution < 1.29 is 10.2 Å². The van der Waals surface area contributed by atoms with Crippen LogP contribution in [0.25, 0.3) is 0 Å². The molecule has 0 spiro atoms. The van der Waals surface area contributed by atoms with Gasteiger partial charge in [-0.3, -0.25) is 4.99 Å². The summed E-state index contributed by atoms with van der Waals surface area (Å²) >= 11 is 0. The predicted molar refractivity (Wildman–Crippen MR) is 64.0 cm³/mol. The van der Waals surface area contributed by atoms with Gasteiger partial charge < -0.3 is 10.2 Å². The van der Waals surface area contributed by atoms with Crippen molar-refractivity contribution in [2.75, 3.05) is 0 Å². The third kappa shape index (κ3) is 2.83. The van der Waals surface area contributed by atoms with Crippen molar-refractivity contribution in [1.29, 1.82) is 0 Å². The maximum atomic E-state index is 9.55. The van der Waals surface area contributed by atoms with Crippen LogP contribution < -0.4 is 0 Å². The number of aliphatic imine (C=N–C) groups is 1. The van der Waals surface area contributed by atoms with Gasteiger partial charge in [0.2, 0.25) is 0 Å². The number of aliphatic hydroxyl groups is 1. The molecule has 0 bridgehead atoms. The zero-order valence-electron chi connectivity index (χ0n) is 9.21. The minimum absolute atomic E-state index is 0.142. The largest absolute Gasteiger partial charge is 0.507 e. The van der Waals surface area contributed by atoms with Gasteiger partial charge in [0, 0.05) is 11.8 Å². The summed E-state index contributed by atoms with van der Waals surface area (Å²) < 4.78 is 0. The highest BCUT2D eigenvalue weighted by Gasteiger charge is 2.17. The summed E-state index contributed by atoms with van der Waals surface area (Å²) in [4.78, 5) is 4.45. The lowest BCUT2D eigenvalue weighted by atomic mass is 9.93. The summed E-state index contributed by atoms with van der Waals surface area (Å²) in [5, 5.41) is 18.9. The molecule has 86 valence electrons. The average molecular weight is 219 g/mol. The number of para-hydroxylation sites is 1. The molecule has 0 heterocycles. The van der Waals surface area contributed by atoms with Gasteiger partial charge in [-0.15, -0.1) is 0 Å². The third-order valence-corrected chi connectivity index (χ3v) is 3.03. The van der Waals surface area contributed by atoms with E-state index in [4.69, 9.17) is 0 Å². The number of hydrogen-bond acceptors (Lipinski definition) is 3. The Labute approximate surface area is 95.5 Å². The number of nitrogens with zero attached hydrogens (tertiary/aromatic N) is 1. The van der Waals surface area contributed by atoms with E-state index in [1.165, 1.54) is 0 Å². The predicted octanol–water partition coefficient (Wildman–Crippen LogP) is 2.11. The molecule has 3 heteroatoms. The molecule has 0 aromatic heterocycles. The molecule has 0 amide bonds. The fraction of sp³-hybridized carbons (Fsp3) is 0.462. The molecule has 1 aromatic carbocycles. The first-order valence-corrected chi connectivity index (χ1v) is 5.75. The summed E-state index contributed by atoms with van der Waals surface area (Å²) in [5.74, 6) is 0.266. The number of aromatic hydroxyl groups is 1. The Bertz CT molecular complexity index is 368. The van der Waals surface area contributed by atoms with E-state index >= 15 is 0 Å². The molecule has 1 saturated carbocycles. The van der Waals surface area contributed by atoms with Crippen molar-refractivity contribution in [1.82, 2.24) is 0 Å². The van der Waals surface area contributed by atoms with E-state index in [9.17, 15) is 10.2 Å². The fourth-order valence-electron chi connectivity index (χ4n) is 1.99. The zero-order valence-corrected chi connectivity index (χ0v) is 9.21. The van der Waals surface area contributed by atoms with Gasteiger partial charge in [0.1, 0.15) is 5.75 Å². The van der Waals surface area contributed by atoms with Crippen LogP contribution in [0.5, 0.6) is 5.75 Å². The number of hydrogen-bond donors (Lipinski definition) is 2. The van der Waals surface area contributed by atoms with Crippen molar-refractivity contribution in [3.05, 3.63) is 29.8 Å². The molecular weight excluding hydrogens is 202 g/mol. The highest BCUT2D eigenvalue weighted by atomic mass is 16.3. The maximum absolute atomic E-state index is 9.55. The lowest BCUT2D eigenvalue weighted by molar-refractivity contribution is 0.123. The minimum Gasteiger partial charge on any atom is -0.507 e. The molecule has 2 rings (SSSR count). The fourth-order valence-corrected chi connectivity index (χ4v) is 1.99. The second-order valence-corrected chi connectivity index (χ2v) is 4.30. The molecule has 0 atom stereocenters. The van der Waals surface area contributed by atoms with E-state index in [0.29, 0.717) is 6.04 Å². The van der Waals surface area contributed by atoms with Gasteiger partial charge in [-0.2, -0.15) is 0 Å². The van der Waals surface area contributed by atoms with Crippen molar-refractivity contribution in [3.8, 4) is 5.75 Å². The lowest BCUT2D eigenvalue weighted by Gasteiger charge is -2.22. The summed E-state index contributed by atoms with van der Waals surface area (Å²) in [6.45, 7) is 0. The molecule has 3 nitrogen and oxygen atoms in total. The molecule has 16 heavy (non-hydrogen) atoms. The van der Waals surface area contributed by atoms with Crippen molar-refractivity contribution >= 4 is 6.21 Å². The Morgan fingerprint density at radius 1 is 1.12 bits per heavy atom. The standard InChI is InChI=1S/C13H17NO2/c15-12-7-5-11(6-8-12)14-9-10-3-1-2-4-13(10)16/h1-4,9,11-12,15-16H,5-8H2. The SMILES string of the molecule is Oc1ccccc1C=NC1CCC(O)CC1. The molecule has 1 aliphatic carbocycles. The van der Waals surface area contributed by atoms with Crippen molar-refractivity contribution in [2.45, 2.75) is 37.8 Å². The van der Waals surface area contributed by atoms with Gasteiger partial charge in [0.15, 0.2) is 0 Å². The molecule has 1 aliphatic rings. The maximum Gasteiger partial charge on any atom is 0.124 e. The van der Waals surface area contributed by atoms with Gasteiger partial charge in [0.25, 0.3) is 0 Å². The number of phenolic OH excluding ortho intramolecular Hbond substituents is 1. The molecule has 0 saturated heterocycles. The minimum atomic E-state index is -0.142. The highest BCUT2D eigenvalue weighted by Crippen LogP contribution is 2.21. The topological polar surface area (TPSA) is 52.8 Å². The molecule has 1 aromatic rings. The Morgan fingerprint density at radius 3 is 2.50 bits per heavy atom. The Hall–Kier alpha value is -1.35. The number of aliphatic hydroxyl groups excluding tert-OH is 1. The van der Waals surface area contributed by atoms with Crippen LogP contribution in [0.3, 0.4) is 0 Å². The molecule has 0 unspecified atom stereocenters. The van der Waals surface area contributed by atoms with Gasteiger partial charge in [-0.25, -0.2) is 0 Å². The van der Waals surface area contributed by atoms with Crippen LogP contribution in [0.15, 0.2) is 29.3 Å². The first-order chi connectivity index (χ1) is 7.75. The van der Waals surface area contributed by atoms with Crippen LogP contribution in [0.1, 0.15) is 31.2 Å². The molecule has 0 radical (unpaired) electrons. The van der Waals surface area contributed by atoms with E-state index in [1.54, 1.807) is 18.3 Å². The van der Waals surface area contributed by atoms with Gasteiger partial charge >= 0.3 is 0 Å². The van der Waals surface area contributed by atoms with Crippen LogP contribution in [-0.4, -0.2) is 28.6 Å². The van der Waals surface area contributed by atoms with Gasteiger partial charge in [-0.05, 0) is 37.8 Å². The van der Waals surface area contributed by atoms with E-state index in [0.717, 1.165) is 31.2 Å². The van der Waals surface area contributed by atoms with Gasteiger partial charge in [0.05, 0.1) is 12.1 Å². The van der Waals surface area contributed by atoms with Crippen LogP contribution in [-0.2, 0) is 0 Å². The van der Waals surface area contributed by atoms with E-state index in [2.05, 4.69) is 4.99 Å². The van der Waals surface area contributed by atoms with Gasteiger partial charge in [-0.1, -0.05) is 12.1 Å². The van der Waals surface area contributed by atoms with E-state index < -0.39 is 0 Å². The second kappa shape index (κ2) is 5.12. The Kier molecular flexibility index (Phi) is 3.57. The van der Waals surface area contributed by atoms with E-state index in [-0.39, 0.29) is 11.9 Å². The monoisotopic (exact) mass is 219 g/mol. The van der Waals surface area contributed by atoms with Crippen molar-refractivity contribution in [2.24, 2.45) is 4.99 Å². The molecule has 1 fully saturated rings. The van der Waals surface area contributed by atoms with E-state index in [1.807, 2.05) is 12.1 Å². The lowest BCUT2D eigenvalue weighted by Crippen LogP contribution is -2.20. The summed E-state index contributed by atoms with van der Waals surface area (Å²) in [6, 6.07) is 7.47. The number of rotatable bonds is 2. The zero-order chi connectivity index (χ0) is 11.4. The normalized spacial score (nSPS) is 26.1. The van der Waals surface area contributed by atoms with Crippen LogP contribution in [0, 0.1) is 0 Å². The van der Waals surface area contributed by atoms with Crippen molar-refractivity contribution in [3.63, 3.8) is 0 Å². The molecular formula is C13H17NO2. The Morgan fingerprint density at radius 2 is 1.81 bits per heavy atom. The average Bonchev–Trinajstić information content (AvgIpc) is 2.30. The number of phenols is 1. The summed E-state index contributed by atoms with van der Waals surface area (Å²) in [7, 11) is 0. The summed E-state index contributed by atoms with van der Waals surface area (Å²) in [6.07, 6.45) is 5.14. The number of benzene rings is 1. The summed E-state index contributed by atoms with van der Waals surface area (Å²) in [5.41, 5.74) is 0.758. The molecule has 0 aliphatic heterocycles. The third-order valence-electron chi connectivity index (χ3n) is 3.03. The quantitative estimate of drug-likeness (QED) is 0.748. The molecule has 2 N–H and O–H groups in total. The second-order valence-electron chi connectivity index (χ2n) is 4.30. The first kappa shape index (κ1) is 11.1. The highest BCUT2D eigenvalue weighted by molar-refractivity contribution is 5.83. The van der Waals surface area contributed by atoms with Crippen LogP contribution in [0.4, 0.5) is 0 Å².